The van der Waals surface area contributed by atoms with Gasteiger partial charge in [-0.05, 0) is 37.4 Å². The number of ether oxygens (including phenoxy) is 1. The molecule has 0 bridgehead atoms. The Labute approximate surface area is 121 Å². The molecule has 0 aliphatic heterocycles. The molecule has 0 saturated heterocycles. The zero-order chi connectivity index (χ0) is 15.9. The van der Waals surface area contributed by atoms with Crippen LogP contribution in [-0.4, -0.2) is 18.8 Å². The Balaban J connectivity index is 2.51. The molecule has 1 aromatic rings. The largest absolute Gasteiger partial charge is 0.573 e. The van der Waals surface area contributed by atoms with Gasteiger partial charge < -0.3 is 15.8 Å². The molecule has 21 heavy (non-hydrogen) atoms. The summed E-state index contributed by atoms with van der Waals surface area (Å²) in [5.41, 5.74) is 5.69. The number of amides is 1. The van der Waals surface area contributed by atoms with Gasteiger partial charge in [0.1, 0.15) is 5.75 Å². The number of rotatable bonds is 7. The van der Waals surface area contributed by atoms with Gasteiger partial charge in [0, 0.05) is 18.2 Å². The summed E-state index contributed by atoms with van der Waals surface area (Å²) in [7, 11) is 0. The van der Waals surface area contributed by atoms with E-state index in [0.29, 0.717) is 25.3 Å². The number of nitrogens with two attached hydrogens (primary N) is 1. The molecule has 1 atom stereocenters. The summed E-state index contributed by atoms with van der Waals surface area (Å²) < 4.78 is 40.1. The number of anilines is 1. The molecular weight excluding hydrogens is 285 g/mol. The molecule has 1 unspecified atom stereocenters. The molecule has 0 radical (unpaired) electrons. The molecular formula is C14H19F3N2O2. The number of benzene rings is 1. The molecule has 0 spiro atoms. The summed E-state index contributed by atoms with van der Waals surface area (Å²) in [4.78, 5) is 11.7. The number of alkyl halides is 3. The van der Waals surface area contributed by atoms with E-state index in [1.54, 1.807) is 0 Å². The molecule has 0 fully saturated rings. The monoisotopic (exact) mass is 304 g/mol. The van der Waals surface area contributed by atoms with Crippen LogP contribution in [0.15, 0.2) is 24.3 Å². The van der Waals surface area contributed by atoms with Gasteiger partial charge in [-0.2, -0.15) is 0 Å². The second-order valence-electron chi connectivity index (χ2n) is 4.85. The number of hydrogen-bond donors (Lipinski definition) is 2. The fourth-order valence-electron chi connectivity index (χ4n) is 1.80. The SMILES string of the molecule is CC(CCN)CCC(=O)Nc1cccc(OC(F)(F)F)c1. The first kappa shape index (κ1) is 17.3. The summed E-state index contributed by atoms with van der Waals surface area (Å²) in [5.74, 6) is -0.277. The van der Waals surface area contributed by atoms with E-state index in [4.69, 9.17) is 5.73 Å². The maximum atomic E-state index is 12.1. The van der Waals surface area contributed by atoms with Crippen molar-refractivity contribution >= 4 is 11.6 Å². The maximum Gasteiger partial charge on any atom is 0.573 e. The molecule has 0 aliphatic carbocycles. The number of hydrogen-bond acceptors (Lipinski definition) is 3. The topological polar surface area (TPSA) is 64.4 Å². The fraction of sp³-hybridized carbons (Fsp3) is 0.500. The molecule has 1 rings (SSSR count). The minimum Gasteiger partial charge on any atom is -0.406 e. The van der Waals surface area contributed by atoms with Gasteiger partial charge >= 0.3 is 6.36 Å². The van der Waals surface area contributed by atoms with Crippen LogP contribution >= 0.6 is 0 Å². The Kier molecular flexibility index (Phi) is 6.48. The van der Waals surface area contributed by atoms with E-state index in [9.17, 15) is 18.0 Å². The first-order valence-electron chi connectivity index (χ1n) is 6.66. The smallest absolute Gasteiger partial charge is 0.406 e. The van der Waals surface area contributed by atoms with Gasteiger partial charge in [-0.1, -0.05) is 13.0 Å². The normalized spacial score (nSPS) is 12.8. The maximum absolute atomic E-state index is 12.1. The van der Waals surface area contributed by atoms with Crippen LogP contribution in [0.1, 0.15) is 26.2 Å². The molecule has 1 amide bonds. The van der Waals surface area contributed by atoms with E-state index in [-0.39, 0.29) is 17.3 Å². The summed E-state index contributed by atoms with van der Waals surface area (Å²) in [6.45, 7) is 2.57. The summed E-state index contributed by atoms with van der Waals surface area (Å²) in [5, 5.41) is 2.55. The van der Waals surface area contributed by atoms with Crippen molar-refractivity contribution in [2.45, 2.75) is 32.5 Å². The van der Waals surface area contributed by atoms with Crippen molar-refractivity contribution in [1.29, 1.82) is 0 Å². The van der Waals surface area contributed by atoms with Gasteiger partial charge in [0.25, 0.3) is 0 Å². The zero-order valence-electron chi connectivity index (χ0n) is 11.7. The standard InChI is InChI=1S/C14H19F3N2O2/c1-10(7-8-18)5-6-13(20)19-11-3-2-4-12(9-11)21-14(15,16)17/h2-4,9-10H,5-8,18H2,1H3,(H,19,20). The molecule has 3 N–H and O–H groups in total. The summed E-state index contributed by atoms with van der Waals surface area (Å²) in [6.07, 6.45) is -2.93. The van der Waals surface area contributed by atoms with Gasteiger partial charge in [0.2, 0.25) is 5.91 Å². The minimum atomic E-state index is -4.75. The Morgan fingerprint density at radius 3 is 2.71 bits per heavy atom. The second kappa shape index (κ2) is 7.87. The molecule has 118 valence electrons. The van der Waals surface area contributed by atoms with Crippen LogP contribution in [0.3, 0.4) is 0 Å². The highest BCUT2D eigenvalue weighted by molar-refractivity contribution is 5.90. The highest BCUT2D eigenvalue weighted by Crippen LogP contribution is 2.25. The van der Waals surface area contributed by atoms with Gasteiger partial charge in [-0.25, -0.2) is 0 Å². The first-order chi connectivity index (χ1) is 9.80. The van der Waals surface area contributed by atoms with Gasteiger partial charge in [-0.15, -0.1) is 13.2 Å². The molecule has 0 saturated carbocycles. The van der Waals surface area contributed by atoms with Crippen molar-refractivity contribution in [2.24, 2.45) is 11.7 Å². The number of carbonyl (C=O) groups excluding carboxylic acids is 1. The lowest BCUT2D eigenvalue weighted by atomic mass is 10.0. The lowest BCUT2D eigenvalue weighted by molar-refractivity contribution is -0.274. The first-order valence-corrected chi connectivity index (χ1v) is 6.66. The van der Waals surface area contributed by atoms with E-state index >= 15 is 0 Å². The molecule has 0 heterocycles. The molecule has 1 aromatic carbocycles. The van der Waals surface area contributed by atoms with Crippen molar-refractivity contribution in [1.82, 2.24) is 0 Å². The van der Waals surface area contributed by atoms with Crippen LogP contribution in [0, 0.1) is 5.92 Å². The fourth-order valence-corrected chi connectivity index (χ4v) is 1.80. The van der Waals surface area contributed by atoms with Crippen molar-refractivity contribution in [3.63, 3.8) is 0 Å². The number of halogens is 3. The Hall–Kier alpha value is -1.76. The molecule has 0 aromatic heterocycles. The Bertz CT molecular complexity index is 464. The second-order valence-corrected chi connectivity index (χ2v) is 4.85. The average molecular weight is 304 g/mol. The lowest BCUT2D eigenvalue weighted by Gasteiger charge is -2.12. The Morgan fingerprint density at radius 1 is 1.38 bits per heavy atom. The molecule has 7 heteroatoms. The molecule has 4 nitrogen and oxygen atoms in total. The van der Waals surface area contributed by atoms with Crippen LogP contribution in [0.25, 0.3) is 0 Å². The quantitative estimate of drug-likeness (QED) is 0.812. The minimum absolute atomic E-state index is 0.247. The third kappa shape index (κ3) is 7.55. The number of carbonyl (C=O) groups is 1. The zero-order valence-corrected chi connectivity index (χ0v) is 11.7. The van der Waals surface area contributed by atoms with Crippen LogP contribution in [0.5, 0.6) is 5.75 Å². The van der Waals surface area contributed by atoms with Crippen LogP contribution in [-0.2, 0) is 4.79 Å². The van der Waals surface area contributed by atoms with Gasteiger partial charge in [0.15, 0.2) is 0 Å². The lowest BCUT2D eigenvalue weighted by Crippen LogP contribution is -2.17. The van der Waals surface area contributed by atoms with Crippen LogP contribution in [0.2, 0.25) is 0 Å². The van der Waals surface area contributed by atoms with E-state index in [2.05, 4.69) is 10.1 Å². The predicted molar refractivity (Wildman–Crippen MR) is 73.8 cm³/mol. The van der Waals surface area contributed by atoms with E-state index in [0.717, 1.165) is 12.5 Å². The van der Waals surface area contributed by atoms with Crippen molar-refractivity contribution in [3.8, 4) is 5.75 Å². The summed E-state index contributed by atoms with van der Waals surface area (Å²) >= 11 is 0. The third-order valence-corrected chi connectivity index (χ3v) is 2.88. The average Bonchev–Trinajstić information content (AvgIpc) is 2.35. The summed E-state index contributed by atoms with van der Waals surface area (Å²) in [6, 6.07) is 5.19. The Morgan fingerprint density at radius 2 is 2.10 bits per heavy atom. The van der Waals surface area contributed by atoms with E-state index in [1.165, 1.54) is 18.2 Å². The van der Waals surface area contributed by atoms with E-state index in [1.807, 2.05) is 6.92 Å². The van der Waals surface area contributed by atoms with Crippen LogP contribution < -0.4 is 15.8 Å². The highest BCUT2D eigenvalue weighted by atomic mass is 19.4. The van der Waals surface area contributed by atoms with Crippen molar-refractivity contribution < 1.29 is 22.7 Å². The van der Waals surface area contributed by atoms with Crippen molar-refractivity contribution in [2.75, 3.05) is 11.9 Å². The predicted octanol–water partition coefficient (Wildman–Crippen LogP) is 3.29. The van der Waals surface area contributed by atoms with Crippen molar-refractivity contribution in [3.05, 3.63) is 24.3 Å². The third-order valence-electron chi connectivity index (χ3n) is 2.88. The van der Waals surface area contributed by atoms with E-state index < -0.39 is 6.36 Å². The van der Waals surface area contributed by atoms with Gasteiger partial charge in [-0.3, -0.25) is 4.79 Å². The van der Waals surface area contributed by atoms with Crippen LogP contribution in [0.4, 0.5) is 18.9 Å². The number of nitrogens with one attached hydrogen (secondary N) is 1. The highest BCUT2D eigenvalue weighted by Gasteiger charge is 2.31. The molecule has 0 aliphatic rings. The van der Waals surface area contributed by atoms with Gasteiger partial charge in [0.05, 0.1) is 0 Å².